The number of halogens is 3. The number of rotatable bonds is 4. The van der Waals surface area contributed by atoms with Crippen molar-refractivity contribution < 1.29 is 4.79 Å². The van der Waals surface area contributed by atoms with Crippen molar-refractivity contribution in [3.63, 3.8) is 0 Å². The smallest absolute Gasteiger partial charge is 0.262 e. The number of thiophene rings is 1. The first-order valence-corrected chi connectivity index (χ1v) is 7.85. The molecule has 0 fully saturated rings. The van der Waals surface area contributed by atoms with Crippen LogP contribution in [-0.2, 0) is 0 Å². The number of fused-ring (bicyclic) bond motifs is 1. The Kier molecular flexibility index (Phi) is 4.96. The van der Waals surface area contributed by atoms with E-state index in [1.165, 1.54) is 11.3 Å². The number of benzene rings is 1. The van der Waals surface area contributed by atoms with Crippen LogP contribution in [0.1, 0.15) is 29.4 Å². The van der Waals surface area contributed by atoms with Gasteiger partial charge in [0.05, 0.1) is 10.0 Å². The zero-order valence-electron chi connectivity index (χ0n) is 10.2. The molecule has 19 heavy (non-hydrogen) atoms. The van der Waals surface area contributed by atoms with E-state index in [0.29, 0.717) is 31.9 Å². The van der Waals surface area contributed by atoms with Crippen LogP contribution in [0.25, 0.3) is 10.1 Å². The Morgan fingerprint density at radius 3 is 2.74 bits per heavy atom. The summed E-state index contributed by atoms with van der Waals surface area (Å²) in [6, 6.07) is 3.39. The molecule has 0 atom stereocenters. The summed E-state index contributed by atoms with van der Waals surface area (Å²) in [5.41, 5.74) is 0. The normalized spacial score (nSPS) is 10.9. The highest BCUT2D eigenvalue weighted by Crippen LogP contribution is 2.41. The van der Waals surface area contributed by atoms with E-state index in [4.69, 9.17) is 34.8 Å². The van der Waals surface area contributed by atoms with Gasteiger partial charge in [0.2, 0.25) is 0 Å². The van der Waals surface area contributed by atoms with E-state index < -0.39 is 0 Å². The van der Waals surface area contributed by atoms with E-state index in [9.17, 15) is 4.79 Å². The molecule has 2 rings (SSSR count). The molecule has 1 heterocycles. The van der Waals surface area contributed by atoms with Crippen LogP contribution in [0.5, 0.6) is 0 Å². The molecule has 0 bridgehead atoms. The first-order valence-electron chi connectivity index (χ1n) is 5.89. The molecule has 1 aromatic heterocycles. The van der Waals surface area contributed by atoms with Crippen LogP contribution in [-0.4, -0.2) is 12.5 Å². The molecule has 0 saturated carbocycles. The van der Waals surface area contributed by atoms with Crippen LogP contribution in [0.15, 0.2) is 12.1 Å². The molecule has 102 valence electrons. The zero-order chi connectivity index (χ0) is 14.0. The van der Waals surface area contributed by atoms with Crippen LogP contribution in [0.4, 0.5) is 0 Å². The van der Waals surface area contributed by atoms with Gasteiger partial charge in [0, 0.05) is 21.7 Å². The second-order valence-corrected chi connectivity index (χ2v) is 6.39. The van der Waals surface area contributed by atoms with Crippen molar-refractivity contribution in [2.45, 2.75) is 19.8 Å². The standard InChI is InChI=1S/C13H12Cl3NOS/c1-2-3-4-17-13(18)12-11(16)10-8(15)5-7(14)6-9(10)19-12/h5-6H,2-4H2,1H3,(H,17,18). The van der Waals surface area contributed by atoms with Gasteiger partial charge in [-0.2, -0.15) is 0 Å². The van der Waals surface area contributed by atoms with Gasteiger partial charge in [0.1, 0.15) is 4.88 Å². The summed E-state index contributed by atoms with van der Waals surface area (Å²) in [6.45, 7) is 2.72. The first kappa shape index (κ1) is 14.9. The molecule has 1 N–H and O–H groups in total. The van der Waals surface area contributed by atoms with Gasteiger partial charge in [-0.1, -0.05) is 48.1 Å². The topological polar surface area (TPSA) is 29.1 Å². The Morgan fingerprint density at radius 2 is 2.05 bits per heavy atom. The third kappa shape index (κ3) is 3.16. The van der Waals surface area contributed by atoms with E-state index in [-0.39, 0.29) is 5.91 Å². The van der Waals surface area contributed by atoms with E-state index >= 15 is 0 Å². The minimum Gasteiger partial charge on any atom is -0.351 e. The van der Waals surface area contributed by atoms with Crippen molar-refractivity contribution in [3.8, 4) is 0 Å². The summed E-state index contributed by atoms with van der Waals surface area (Å²) >= 11 is 19.6. The lowest BCUT2D eigenvalue weighted by Gasteiger charge is -2.02. The summed E-state index contributed by atoms with van der Waals surface area (Å²) in [5, 5.41) is 4.94. The lowest BCUT2D eigenvalue weighted by atomic mass is 10.2. The third-order valence-electron chi connectivity index (χ3n) is 2.67. The van der Waals surface area contributed by atoms with Crippen molar-refractivity contribution in [1.82, 2.24) is 5.32 Å². The molecule has 1 aromatic carbocycles. The SMILES string of the molecule is CCCCNC(=O)c1sc2cc(Cl)cc(Cl)c2c1Cl. The van der Waals surface area contributed by atoms with Crippen molar-refractivity contribution in [2.75, 3.05) is 6.54 Å². The number of hydrogen-bond acceptors (Lipinski definition) is 2. The van der Waals surface area contributed by atoms with Gasteiger partial charge in [-0.05, 0) is 18.6 Å². The van der Waals surface area contributed by atoms with Crippen LogP contribution < -0.4 is 5.32 Å². The van der Waals surface area contributed by atoms with Crippen molar-refractivity contribution in [1.29, 1.82) is 0 Å². The molecular weight excluding hydrogens is 325 g/mol. The molecule has 0 spiro atoms. The summed E-state index contributed by atoms with van der Waals surface area (Å²) in [4.78, 5) is 12.5. The van der Waals surface area contributed by atoms with Crippen LogP contribution in [0.2, 0.25) is 15.1 Å². The second kappa shape index (κ2) is 6.31. The van der Waals surface area contributed by atoms with Gasteiger partial charge < -0.3 is 5.32 Å². The number of carbonyl (C=O) groups excluding carboxylic acids is 1. The molecule has 0 saturated heterocycles. The monoisotopic (exact) mass is 335 g/mol. The highest BCUT2D eigenvalue weighted by molar-refractivity contribution is 7.21. The minimum absolute atomic E-state index is 0.160. The fourth-order valence-electron chi connectivity index (χ4n) is 1.72. The van der Waals surface area contributed by atoms with Gasteiger partial charge >= 0.3 is 0 Å². The maximum Gasteiger partial charge on any atom is 0.262 e. The molecular formula is C13H12Cl3NOS. The molecule has 1 amide bonds. The Labute approximate surface area is 130 Å². The zero-order valence-corrected chi connectivity index (χ0v) is 13.3. The minimum atomic E-state index is -0.160. The van der Waals surface area contributed by atoms with E-state index in [0.717, 1.165) is 17.5 Å². The summed E-state index contributed by atoms with van der Waals surface area (Å²) in [6.07, 6.45) is 1.97. The van der Waals surface area contributed by atoms with E-state index in [1.54, 1.807) is 12.1 Å². The number of amides is 1. The Morgan fingerprint density at radius 1 is 1.32 bits per heavy atom. The Hall–Kier alpha value is -0.480. The van der Waals surface area contributed by atoms with Gasteiger partial charge in [-0.15, -0.1) is 11.3 Å². The lowest BCUT2D eigenvalue weighted by Crippen LogP contribution is -2.23. The summed E-state index contributed by atoms with van der Waals surface area (Å²) < 4.78 is 0.822. The van der Waals surface area contributed by atoms with Crippen LogP contribution >= 0.6 is 46.1 Å². The van der Waals surface area contributed by atoms with E-state index in [1.807, 2.05) is 0 Å². The average molecular weight is 337 g/mol. The fraction of sp³-hybridized carbons (Fsp3) is 0.308. The van der Waals surface area contributed by atoms with Gasteiger partial charge in [-0.3, -0.25) is 4.79 Å². The summed E-state index contributed by atoms with van der Waals surface area (Å²) in [5.74, 6) is -0.160. The largest absolute Gasteiger partial charge is 0.351 e. The Balaban J connectivity index is 2.37. The maximum absolute atomic E-state index is 12.0. The predicted octanol–water partition coefficient (Wildman–Crippen LogP) is 5.39. The number of hydrogen-bond donors (Lipinski definition) is 1. The van der Waals surface area contributed by atoms with Crippen molar-refractivity contribution in [2.24, 2.45) is 0 Å². The average Bonchev–Trinajstić information content (AvgIpc) is 2.66. The molecule has 0 radical (unpaired) electrons. The second-order valence-electron chi connectivity index (χ2n) is 4.12. The number of unbranched alkanes of at least 4 members (excludes halogenated alkanes) is 1. The molecule has 2 nitrogen and oxygen atoms in total. The van der Waals surface area contributed by atoms with Gasteiger partial charge in [0.25, 0.3) is 5.91 Å². The molecule has 0 aliphatic rings. The van der Waals surface area contributed by atoms with Crippen molar-refractivity contribution >= 4 is 62.1 Å². The molecule has 2 aromatic rings. The fourth-order valence-corrected chi connectivity index (χ4v) is 4.01. The van der Waals surface area contributed by atoms with Crippen LogP contribution in [0.3, 0.4) is 0 Å². The predicted molar refractivity (Wildman–Crippen MR) is 84.1 cm³/mol. The number of carbonyl (C=O) groups is 1. The first-order chi connectivity index (χ1) is 9.04. The molecule has 0 unspecified atom stereocenters. The highest BCUT2D eigenvalue weighted by Gasteiger charge is 2.19. The molecule has 6 heteroatoms. The van der Waals surface area contributed by atoms with Gasteiger partial charge in [-0.25, -0.2) is 0 Å². The Bertz CT molecular complexity index is 624. The molecule has 0 aliphatic heterocycles. The number of nitrogens with one attached hydrogen (secondary N) is 1. The van der Waals surface area contributed by atoms with Crippen molar-refractivity contribution in [3.05, 3.63) is 32.1 Å². The van der Waals surface area contributed by atoms with Gasteiger partial charge in [0.15, 0.2) is 0 Å². The highest BCUT2D eigenvalue weighted by atomic mass is 35.5. The van der Waals surface area contributed by atoms with E-state index in [2.05, 4.69) is 12.2 Å². The maximum atomic E-state index is 12.0. The van der Waals surface area contributed by atoms with Crippen LogP contribution in [0, 0.1) is 0 Å². The lowest BCUT2D eigenvalue weighted by molar-refractivity contribution is 0.0957. The quantitative estimate of drug-likeness (QED) is 0.745. The molecule has 0 aliphatic carbocycles. The summed E-state index contributed by atoms with van der Waals surface area (Å²) in [7, 11) is 0. The third-order valence-corrected chi connectivity index (χ3v) is 4.81.